The number of nitrogens with one attached hydrogen (secondary N) is 3. The third-order valence-electron chi connectivity index (χ3n) is 6.08. The van der Waals surface area contributed by atoms with Crippen molar-refractivity contribution in [2.24, 2.45) is 5.73 Å². The Morgan fingerprint density at radius 1 is 1.08 bits per heavy atom. The number of rotatable bonds is 11. The number of aliphatic hydroxyl groups excluding tert-OH is 1. The van der Waals surface area contributed by atoms with Crippen LogP contribution in [-0.4, -0.2) is 92.2 Å². The van der Waals surface area contributed by atoms with Crippen molar-refractivity contribution in [2.45, 2.75) is 49.9 Å². The number of aromatic nitrogens is 1. The smallest absolute Gasteiger partial charge is 0.326 e. The first-order valence-corrected chi connectivity index (χ1v) is 11.4. The van der Waals surface area contributed by atoms with Gasteiger partial charge >= 0.3 is 11.9 Å². The Kier molecular flexibility index (Phi) is 8.61. The third kappa shape index (κ3) is 6.17. The van der Waals surface area contributed by atoms with E-state index in [2.05, 4.69) is 15.6 Å². The predicted octanol–water partition coefficient (Wildman–Crippen LogP) is -1.45. The molecule has 4 atom stereocenters. The summed E-state index contributed by atoms with van der Waals surface area (Å²) in [5.74, 6) is -5.23. The highest BCUT2D eigenvalue weighted by Gasteiger charge is 2.39. The van der Waals surface area contributed by atoms with E-state index in [1.54, 1.807) is 6.20 Å². The van der Waals surface area contributed by atoms with Crippen LogP contribution in [0, 0.1) is 0 Å². The topological polar surface area (TPSA) is 215 Å². The maximum Gasteiger partial charge on any atom is 0.326 e. The molecule has 0 radical (unpaired) electrons. The van der Waals surface area contributed by atoms with E-state index in [4.69, 9.17) is 5.73 Å². The lowest BCUT2D eigenvalue weighted by molar-refractivity contribution is -0.150. The van der Waals surface area contributed by atoms with Gasteiger partial charge in [0, 0.05) is 23.6 Å². The van der Waals surface area contributed by atoms with Crippen molar-refractivity contribution < 1.29 is 39.3 Å². The second-order valence-electron chi connectivity index (χ2n) is 8.60. The average molecular weight is 504 g/mol. The zero-order chi connectivity index (χ0) is 26.4. The molecular weight excluding hydrogens is 474 g/mol. The Hall–Kier alpha value is -3.97. The molecule has 194 valence electrons. The first-order valence-electron chi connectivity index (χ1n) is 11.4. The Morgan fingerprint density at radius 2 is 1.78 bits per heavy atom. The molecule has 0 saturated carbocycles. The predicted molar refractivity (Wildman–Crippen MR) is 126 cm³/mol. The maximum absolute atomic E-state index is 12.9. The molecular formula is C23H29N5O8. The van der Waals surface area contributed by atoms with E-state index in [1.807, 2.05) is 24.3 Å². The number of aliphatic hydroxyl groups is 1. The van der Waals surface area contributed by atoms with E-state index in [0.29, 0.717) is 6.42 Å². The van der Waals surface area contributed by atoms with Gasteiger partial charge in [-0.2, -0.15) is 0 Å². The van der Waals surface area contributed by atoms with Crippen molar-refractivity contribution in [1.29, 1.82) is 0 Å². The molecule has 8 N–H and O–H groups in total. The van der Waals surface area contributed by atoms with Crippen LogP contribution in [0.4, 0.5) is 0 Å². The summed E-state index contributed by atoms with van der Waals surface area (Å²) in [6, 6.07) is 2.15. The summed E-state index contributed by atoms with van der Waals surface area (Å²) in [5.41, 5.74) is 7.66. The number of aromatic amines is 1. The van der Waals surface area contributed by atoms with Gasteiger partial charge in [-0.1, -0.05) is 18.2 Å². The molecule has 3 amide bonds. The molecule has 0 aliphatic carbocycles. The molecule has 1 aliphatic rings. The molecule has 1 saturated heterocycles. The van der Waals surface area contributed by atoms with Crippen molar-refractivity contribution in [3.05, 3.63) is 36.0 Å². The number of amides is 3. The standard InChI is InChI=1S/C23H29N5O8/c24-14(8-12-10-25-15-5-2-1-4-13(12)15)20(32)27-17(11-29)21(33)26-16(9-19(30)31)22(34)28-7-3-6-18(28)23(35)36/h1-2,4-5,10,14,16-18,25,29H,3,6-9,11,24H2,(H,26,33)(H,27,32)(H,30,31)(H,35,36). The van der Waals surface area contributed by atoms with E-state index in [-0.39, 0.29) is 19.4 Å². The fourth-order valence-corrected chi connectivity index (χ4v) is 4.24. The van der Waals surface area contributed by atoms with Gasteiger partial charge in [0.05, 0.1) is 19.1 Å². The number of likely N-dealkylation sites (tertiary alicyclic amines) is 1. The number of H-pyrrole nitrogens is 1. The van der Waals surface area contributed by atoms with Gasteiger partial charge < -0.3 is 41.6 Å². The fourth-order valence-electron chi connectivity index (χ4n) is 4.24. The van der Waals surface area contributed by atoms with Crippen LogP contribution in [0.15, 0.2) is 30.5 Å². The Balaban J connectivity index is 1.65. The molecule has 0 bridgehead atoms. The highest BCUT2D eigenvalue weighted by molar-refractivity contribution is 5.96. The quantitative estimate of drug-likeness (QED) is 0.191. The summed E-state index contributed by atoms with van der Waals surface area (Å²) >= 11 is 0. The largest absolute Gasteiger partial charge is 0.481 e. The molecule has 2 heterocycles. The molecule has 13 nitrogen and oxygen atoms in total. The van der Waals surface area contributed by atoms with Crippen LogP contribution >= 0.6 is 0 Å². The van der Waals surface area contributed by atoms with Gasteiger partial charge in [-0.05, 0) is 30.9 Å². The zero-order valence-corrected chi connectivity index (χ0v) is 19.3. The molecule has 1 aromatic heterocycles. The van der Waals surface area contributed by atoms with Crippen LogP contribution in [0.25, 0.3) is 10.9 Å². The monoisotopic (exact) mass is 503 g/mol. The highest BCUT2D eigenvalue weighted by Crippen LogP contribution is 2.20. The first-order chi connectivity index (χ1) is 17.1. The Labute approximate surface area is 205 Å². The molecule has 13 heteroatoms. The van der Waals surface area contributed by atoms with Gasteiger partial charge in [-0.25, -0.2) is 4.79 Å². The molecule has 1 fully saturated rings. The second-order valence-corrected chi connectivity index (χ2v) is 8.60. The minimum Gasteiger partial charge on any atom is -0.481 e. The van der Waals surface area contributed by atoms with Crippen LogP contribution in [0.2, 0.25) is 0 Å². The highest BCUT2D eigenvalue weighted by atomic mass is 16.4. The first kappa shape index (κ1) is 26.6. The van der Waals surface area contributed by atoms with Crippen LogP contribution in [0.5, 0.6) is 0 Å². The minimum absolute atomic E-state index is 0.102. The molecule has 1 aromatic carbocycles. The lowest BCUT2D eigenvalue weighted by Crippen LogP contribution is -2.58. The lowest BCUT2D eigenvalue weighted by Gasteiger charge is -2.28. The number of para-hydroxylation sites is 1. The van der Waals surface area contributed by atoms with Crippen LogP contribution in [-0.2, 0) is 30.4 Å². The third-order valence-corrected chi connectivity index (χ3v) is 6.08. The number of carbonyl (C=O) groups is 5. The maximum atomic E-state index is 12.9. The van der Waals surface area contributed by atoms with Gasteiger partial charge in [0.2, 0.25) is 17.7 Å². The number of benzene rings is 1. The number of aliphatic carboxylic acids is 2. The number of carboxylic acid groups (broad SMARTS) is 2. The molecule has 0 spiro atoms. The summed E-state index contributed by atoms with van der Waals surface area (Å²) in [7, 11) is 0. The van der Waals surface area contributed by atoms with Gasteiger partial charge in [0.15, 0.2) is 0 Å². The van der Waals surface area contributed by atoms with E-state index in [1.165, 1.54) is 0 Å². The van der Waals surface area contributed by atoms with E-state index in [0.717, 1.165) is 21.4 Å². The van der Waals surface area contributed by atoms with Crippen LogP contribution in [0.1, 0.15) is 24.8 Å². The molecule has 4 unspecified atom stereocenters. The van der Waals surface area contributed by atoms with Crippen LogP contribution < -0.4 is 16.4 Å². The van der Waals surface area contributed by atoms with Gasteiger partial charge in [-0.15, -0.1) is 0 Å². The van der Waals surface area contributed by atoms with Crippen molar-refractivity contribution in [1.82, 2.24) is 20.5 Å². The lowest BCUT2D eigenvalue weighted by atomic mass is 10.0. The number of carboxylic acids is 2. The van der Waals surface area contributed by atoms with Crippen molar-refractivity contribution >= 4 is 40.6 Å². The number of hydrogen-bond acceptors (Lipinski definition) is 7. The summed E-state index contributed by atoms with van der Waals surface area (Å²) in [4.78, 5) is 65.0. The van der Waals surface area contributed by atoms with Crippen molar-refractivity contribution in [3.63, 3.8) is 0 Å². The van der Waals surface area contributed by atoms with Crippen molar-refractivity contribution in [3.8, 4) is 0 Å². The number of hydrogen-bond donors (Lipinski definition) is 7. The normalized spacial score (nSPS) is 17.8. The number of nitrogens with two attached hydrogens (primary N) is 1. The van der Waals surface area contributed by atoms with E-state index < -0.39 is 66.9 Å². The zero-order valence-electron chi connectivity index (χ0n) is 19.3. The Bertz CT molecular complexity index is 1150. The second kappa shape index (κ2) is 11.6. The van der Waals surface area contributed by atoms with E-state index >= 15 is 0 Å². The number of nitrogens with zero attached hydrogens (tertiary/aromatic N) is 1. The SMILES string of the molecule is NC(Cc1c[nH]c2ccccc12)C(=O)NC(CO)C(=O)NC(CC(=O)O)C(=O)N1CCCC1C(=O)O. The summed E-state index contributed by atoms with van der Waals surface area (Å²) < 4.78 is 0. The van der Waals surface area contributed by atoms with Crippen LogP contribution in [0.3, 0.4) is 0 Å². The summed E-state index contributed by atoms with van der Waals surface area (Å²) in [6.45, 7) is -0.739. The summed E-state index contributed by atoms with van der Waals surface area (Å²) in [6.07, 6.45) is 1.68. The molecule has 1 aliphatic heterocycles. The Morgan fingerprint density at radius 3 is 2.44 bits per heavy atom. The van der Waals surface area contributed by atoms with E-state index in [9.17, 15) is 39.3 Å². The average Bonchev–Trinajstić information content (AvgIpc) is 3.49. The molecule has 2 aromatic rings. The van der Waals surface area contributed by atoms with Gasteiger partial charge in [0.25, 0.3) is 0 Å². The number of carbonyl (C=O) groups excluding carboxylic acids is 3. The fraction of sp³-hybridized carbons (Fsp3) is 0.435. The van der Waals surface area contributed by atoms with Crippen molar-refractivity contribution in [2.75, 3.05) is 13.2 Å². The summed E-state index contributed by atoms with van der Waals surface area (Å²) in [5, 5.41) is 33.6. The van der Waals surface area contributed by atoms with Gasteiger partial charge in [-0.3, -0.25) is 19.2 Å². The molecule has 36 heavy (non-hydrogen) atoms. The molecule has 3 rings (SSSR count). The van der Waals surface area contributed by atoms with Gasteiger partial charge in [0.1, 0.15) is 18.1 Å². The number of fused-ring (bicyclic) bond motifs is 1. The minimum atomic E-state index is -1.58.